The summed E-state index contributed by atoms with van der Waals surface area (Å²) in [4.78, 5) is 41.1. The van der Waals surface area contributed by atoms with Crippen molar-refractivity contribution >= 4 is 11.8 Å². The monoisotopic (exact) mass is 381 g/mol. The van der Waals surface area contributed by atoms with Crippen LogP contribution in [-0.2, 0) is 9.53 Å². The highest BCUT2D eigenvalue weighted by Crippen LogP contribution is 2.17. The van der Waals surface area contributed by atoms with Gasteiger partial charge in [0.2, 0.25) is 0 Å². The highest BCUT2D eigenvalue weighted by molar-refractivity contribution is 5.94. The first-order chi connectivity index (χ1) is 13.6. The van der Waals surface area contributed by atoms with Gasteiger partial charge in [0.1, 0.15) is 6.10 Å². The summed E-state index contributed by atoms with van der Waals surface area (Å²) in [6.45, 7) is 2.60. The molecule has 3 heterocycles. The molecule has 2 aliphatic rings. The molecule has 146 valence electrons. The minimum atomic E-state index is -0.323. The normalized spacial score (nSPS) is 19.6. The van der Waals surface area contributed by atoms with E-state index in [0.717, 1.165) is 12.8 Å². The number of ether oxygens (including phenoxy) is 1. The lowest BCUT2D eigenvalue weighted by atomic mass is 10.2. The molecule has 0 radical (unpaired) electrons. The van der Waals surface area contributed by atoms with E-state index in [-0.39, 0.29) is 23.5 Å². The minimum absolute atomic E-state index is 0.0298. The molecule has 0 N–H and O–H groups in total. The SMILES string of the molecule is O=C(c1ccc(=O)n(-c2ccccc2)c1)N1CCN(C(=O)C2CCCO2)CC1. The molecule has 2 aromatic rings. The Hall–Kier alpha value is -2.93. The fourth-order valence-electron chi connectivity index (χ4n) is 3.69. The third kappa shape index (κ3) is 3.71. The topological polar surface area (TPSA) is 71.9 Å². The molecule has 7 heteroatoms. The third-order valence-electron chi connectivity index (χ3n) is 5.28. The minimum Gasteiger partial charge on any atom is -0.368 e. The molecule has 28 heavy (non-hydrogen) atoms. The number of nitrogens with zero attached hydrogens (tertiary/aromatic N) is 3. The second-order valence-corrected chi connectivity index (χ2v) is 7.08. The van der Waals surface area contributed by atoms with Crippen molar-refractivity contribution in [2.75, 3.05) is 32.8 Å². The van der Waals surface area contributed by atoms with E-state index in [0.29, 0.717) is 44.0 Å². The number of benzene rings is 1. The van der Waals surface area contributed by atoms with Crippen molar-refractivity contribution in [2.24, 2.45) is 0 Å². The second kappa shape index (κ2) is 7.98. The predicted molar refractivity (Wildman–Crippen MR) is 103 cm³/mol. The van der Waals surface area contributed by atoms with Crippen molar-refractivity contribution in [3.8, 4) is 5.69 Å². The van der Waals surface area contributed by atoms with E-state index in [1.54, 1.807) is 22.1 Å². The zero-order chi connectivity index (χ0) is 19.5. The second-order valence-electron chi connectivity index (χ2n) is 7.08. The van der Waals surface area contributed by atoms with Crippen molar-refractivity contribution in [1.29, 1.82) is 0 Å². The quantitative estimate of drug-likeness (QED) is 0.804. The van der Waals surface area contributed by atoms with Crippen LogP contribution in [0.3, 0.4) is 0 Å². The van der Waals surface area contributed by atoms with Crippen molar-refractivity contribution in [2.45, 2.75) is 18.9 Å². The van der Waals surface area contributed by atoms with Crippen LogP contribution in [0.25, 0.3) is 5.69 Å². The first kappa shape index (κ1) is 18.4. The van der Waals surface area contributed by atoms with Gasteiger partial charge in [-0.3, -0.25) is 19.0 Å². The third-order valence-corrected chi connectivity index (χ3v) is 5.28. The maximum Gasteiger partial charge on any atom is 0.255 e. The van der Waals surface area contributed by atoms with Crippen LogP contribution >= 0.6 is 0 Å². The summed E-state index contributed by atoms with van der Waals surface area (Å²) in [5, 5.41) is 0. The summed E-state index contributed by atoms with van der Waals surface area (Å²) in [5.41, 5.74) is 0.992. The van der Waals surface area contributed by atoms with E-state index < -0.39 is 0 Å². The van der Waals surface area contributed by atoms with E-state index in [1.165, 1.54) is 10.6 Å². The number of aromatic nitrogens is 1. The number of pyridine rings is 1. The van der Waals surface area contributed by atoms with Crippen LogP contribution in [-0.4, -0.2) is 65.1 Å². The summed E-state index contributed by atoms with van der Waals surface area (Å²) in [5.74, 6) is -0.101. The summed E-state index contributed by atoms with van der Waals surface area (Å²) in [7, 11) is 0. The maximum atomic E-state index is 12.9. The average Bonchev–Trinajstić information content (AvgIpc) is 3.29. The lowest BCUT2D eigenvalue weighted by Crippen LogP contribution is -2.52. The van der Waals surface area contributed by atoms with Gasteiger partial charge < -0.3 is 14.5 Å². The Morgan fingerprint density at radius 2 is 1.64 bits per heavy atom. The molecular formula is C21H23N3O4. The van der Waals surface area contributed by atoms with Gasteiger partial charge in [0.25, 0.3) is 17.4 Å². The summed E-state index contributed by atoms with van der Waals surface area (Å²) >= 11 is 0. The standard InChI is InChI=1S/C21H23N3O4/c25-19-9-8-16(15-24(19)17-5-2-1-3-6-17)20(26)22-10-12-23(13-11-22)21(27)18-7-4-14-28-18/h1-3,5-6,8-9,15,18H,4,7,10-14H2. The van der Waals surface area contributed by atoms with Gasteiger partial charge in [0, 0.05) is 50.7 Å². The summed E-state index contributed by atoms with van der Waals surface area (Å²) in [6.07, 6.45) is 2.96. The molecule has 4 rings (SSSR count). The Balaban J connectivity index is 1.44. The average molecular weight is 381 g/mol. The number of amides is 2. The first-order valence-corrected chi connectivity index (χ1v) is 9.61. The Kier molecular flexibility index (Phi) is 5.25. The highest BCUT2D eigenvalue weighted by Gasteiger charge is 2.31. The van der Waals surface area contributed by atoms with E-state index in [4.69, 9.17) is 4.74 Å². The zero-order valence-corrected chi connectivity index (χ0v) is 15.6. The molecule has 1 aromatic heterocycles. The fourth-order valence-corrected chi connectivity index (χ4v) is 3.69. The van der Waals surface area contributed by atoms with Gasteiger partial charge in [-0.05, 0) is 31.0 Å². The summed E-state index contributed by atoms with van der Waals surface area (Å²) < 4.78 is 6.95. The Labute approximate surface area is 163 Å². The molecule has 1 atom stereocenters. The predicted octanol–water partition coefficient (Wildman–Crippen LogP) is 1.30. The number of piperazine rings is 1. The first-order valence-electron chi connectivity index (χ1n) is 9.61. The van der Waals surface area contributed by atoms with Crippen LogP contribution in [0.2, 0.25) is 0 Å². The van der Waals surface area contributed by atoms with Crippen LogP contribution < -0.4 is 5.56 Å². The Morgan fingerprint density at radius 3 is 2.32 bits per heavy atom. The van der Waals surface area contributed by atoms with E-state index in [1.807, 2.05) is 30.3 Å². The highest BCUT2D eigenvalue weighted by atomic mass is 16.5. The van der Waals surface area contributed by atoms with Crippen LogP contribution in [0.1, 0.15) is 23.2 Å². The van der Waals surface area contributed by atoms with Crippen molar-refractivity contribution in [3.63, 3.8) is 0 Å². The molecule has 0 saturated carbocycles. The fraction of sp³-hybridized carbons (Fsp3) is 0.381. The van der Waals surface area contributed by atoms with Gasteiger partial charge in [-0.25, -0.2) is 0 Å². The molecule has 0 spiro atoms. The van der Waals surface area contributed by atoms with Gasteiger partial charge in [0.05, 0.1) is 5.56 Å². The van der Waals surface area contributed by atoms with Crippen molar-refractivity contribution < 1.29 is 14.3 Å². The van der Waals surface area contributed by atoms with Gasteiger partial charge in [0.15, 0.2) is 0 Å². The number of hydrogen-bond donors (Lipinski definition) is 0. The van der Waals surface area contributed by atoms with Crippen LogP contribution in [0, 0.1) is 0 Å². The van der Waals surface area contributed by atoms with E-state index in [2.05, 4.69) is 0 Å². The van der Waals surface area contributed by atoms with Gasteiger partial charge in [-0.2, -0.15) is 0 Å². The molecule has 2 amide bonds. The molecule has 2 saturated heterocycles. The molecular weight excluding hydrogens is 358 g/mol. The molecule has 2 fully saturated rings. The van der Waals surface area contributed by atoms with E-state index >= 15 is 0 Å². The number of para-hydroxylation sites is 1. The molecule has 1 aromatic carbocycles. The zero-order valence-electron chi connectivity index (χ0n) is 15.6. The number of rotatable bonds is 3. The lowest BCUT2D eigenvalue weighted by molar-refractivity contribution is -0.142. The van der Waals surface area contributed by atoms with Crippen molar-refractivity contribution in [3.05, 3.63) is 64.6 Å². The Bertz CT molecular complexity index is 911. The smallest absolute Gasteiger partial charge is 0.255 e. The molecule has 2 aliphatic heterocycles. The Morgan fingerprint density at radius 1 is 0.929 bits per heavy atom. The number of hydrogen-bond acceptors (Lipinski definition) is 4. The van der Waals surface area contributed by atoms with Crippen LogP contribution in [0.4, 0.5) is 0 Å². The largest absolute Gasteiger partial charge is 0.368 e. The van der Waals surface area contributed by atoms with Gasteiger partial charge in [-0.15, -0.1) is 0 Å². The lowest BCUT2D eigenvalue weighted by Gasteiger charge is -2.35. The summed E-state index contributed by atoms with van der Waals surface area (Å²) in [6, 6.07) is 12.2. The van der Waals surface area contributed by atoms with Crippen molar-refractivity contribution in [1.82, 2.24) is 14.4 Å². The van der Waals surface area contributed by atoms with Crippen LogP contribution in [0.15, 0.2) is 53.5 Å². The van der Waals surface area contributed by atoms with Crippen LogP contribution in [0.5, 0.6) is 0 Å². The maximum absolute atomic E-state index is 12.9. The van der Waals surface area contributed by atoms with Gasteiger partial charge in [-0.1, -0.05) is 18.2 Å². The van der Waals surface area contributed by atoms with E-state index in [9.17, 15) is 14.4 Å². The molecule has 0 aliphatic carbocycles. The molecule has 1 unspecified atom stereocenters. The molecule has 0 bridgehead atoms. The molecule has 7 nitrogen and oxygen atoms in total. The number of carbonyl (C=O) groups excluding carboxylic acids is 2. The number of carbonyl (C=O) groups is 2. The van der Waals surface area contributed by atoms with Gasteiger partial charge >= 0.3 is 0 Å².